The van der Waals surface area contributed by atoms with E-state index in [9.17, 15) is 0 Å². The van der Waals surface area contributed by atoms with Crippen LogP contribution in [0.4, 0.5) is 0 Å². The molecule has 0 aliphatic carbocycles. The lowest BCUT2D eigenvalue weighted by molar-refractivity contribution is 0.299. The molecule has 78 valence electrons. The van der Waals surface area contributed by atoms with Gasteiger partial charge in [-0.25, -0.2) is 4.98 Å². The Morgan fingerprint density at radius 2 is 2.13 bits per heavy atom. The third-order valence-electron chi connectivity index (χ3n) is 2.03. The minimum absolute atomic E-state index is 0.156. The number of thiazole rings is 1. The number of rotatable bonds is 3. The van der Waals surface area contributed by atoms with Gasteiger partial charge in [0.2, 0.25) is 0 Å². The lowest BCUT2D eigenvalue weighted by Crippen LogP contribution is -1.89. The Morgan fingerprint density at radius 3 is 2.87 bits per heavy atom. The monoisotopic (exact) mass is 283 g/mol. The highest BCUT2D eigenvalue weighted by Crippen LogP contribution is 2.28. The second-order valence-electron chi connectivity index (χ2n) is 3.08. The van der Waals surface area contributed by atoms with E-state index in [2.05, 4.69) is 20.9 Å². The van der Waals surface area contributed by atoms with Crippen molar-refractivity contribution >= 4 is 27.3 Å². The molecule has 0 amide bonds. The van der Waals surface area contributed by atoms with Crippen LogP contribution in [0.25, 0.3) is 11.3 Å². The highest BCUT2D eigenvalue weighted by molar-refractivity contribution is 9.10. The third-order valence-corrected chi connectivity index (χ3v) is 3.63. The van der Waals surface area contributed by atoms with Gasteiger partial charge in [-0.15, -0.1) is 11.3 Å². The Bertz CT molecular complexity index is 455. The molecule has 1 N–H and O–H groups in total. The molecule has 0 bridgehead atoms. The van der Waals surface area contributed by atoms with Crippen LogP contribution in [0.2, 0.25) is 0 Å². The number of halogens is 1. The van der Waals surface area contributed by atoms with Crippen LogP contribution in [-0.4, -0.2) is 16.7 Å². The van der Waals surface area contributed by atoms with Crippen LogP contribution >= 0.6 is 27.3 Å². The first kappa shape index (κ1) is 10.8. The predicted molar refractivity (Wildman–Crippen MR) is 66.0 cm³/mol. The summed E-state index contributed by atoms with van der Waals surface area (Å²) in [5.41, 5.74) is 2.06. The molecule has 2 nitrogen and oxygen atoms in total. The van der Waals surface area contributed by atoms with Crippen molar-refractivity contribution < 1.29 is 5.11 Å². The smallest absolute Gasteiger partial charge is 0.0955 e. The summed E-state index contributed by atoms with van der Waals surface area (Å²) in [6.45, 7) is 0.156. The maximum Gasteiger partial charge on any atom is 0.0955 e. The van der Waals surface area contributed by atoms with Gasteiger partial charge in [0.05, 0.1) is 10.7 Å². The summed E-state index contributed by atoms with van der Waals surface area (Å²) in [6.07, 6.45) is 0.634. The molecular weight excluding hydrogens is 274 g/mol. The van der Waals surface area contributed by atoms with Crippen LogP contribution in [0, 0.1) is 0 Å². The van der Waals surface area contributed by atoms with Gasteiger partial charge in [-0.3, -0.25) is 0 Å². The average Bonchev–Trinajstić information content (AvgIpc) is 2.68. The Balaban J connectivity index is 2.33. The number of aliphatic hydroxyl groups is 1. The molecule has 0 fully saturated rings. The first-order chi connectivity index (χ1) is 7.31. The Hall–Kier alpha value is -0.710. The van der Waals surface area contributed by atoms with E-state index >= 15 is 0 Å². The third kappa shape index (κ3) is 2.45. The van der Waals surface area contributed by atoms with Gasteiger partial charge in [0.25, 0.3) is 0 Å². The molecule has 0 aliphatic heterocycles. The molecular formula is C11H10BrNOS. The molecule has 0 radical (unpaired) electrons. The number of nitrogens with zero attached hydrogens (tertiary/aromatic N) is 1. The molecule has 0 spiro atoms. The summed E-state index contributed by atoms with van der Waals surface area (Å²) in [5, 5.41) is 11.8. The van der Waals surface area contributed by atoms with Gasteiger partial charge in [-0.05, 0) is 6.07 Å². The topological polar surface area (TPSA) is 33.1 Å². The van der Waals surface area contributed by atoms with Gasteiger partial charge in [-0.2, -0.15) is 0 Å². The van der Waals surface area contributed by atoms with Gasteiger partial charge in [-0.1, -0.05) is 34.1 Å². The fraction of sp³-hybridized carbons (Fsp3) is 0.182. The fourth-order valence-corrected chi connectivity index (χ4v) is 2.59. The molecule has 15 heavy (non-hydrogen) atoms. The van der Waals surface area contributed by atoms with Crippen LogP contribution in [-0.2, 0) is 6.42 Å². The second kappa shape index (κ2) is 4.88. The standard InChI is InChI=1S/C11H10BrNOS/c12-9-4-2-1-3-8(9)10-7-15-11(13-10)5-6-14/h1-4,7,14H,5-6H2. The molecule has 1 aromatic heterocycles. The van der Waals surface area contributed by atoms with E-state index in [0.717, 1.165) is 20.7 Å². The molecule has 1 aromatic carbocycles. The van der Waals surface area contributed by atoms with Crippen LogP contribution in [0.5, 0.6) is 0 Å². The van der Waals surface area contributed by atoms with Crippen molar-refractivity contribution in [1.29, 1.82) is 0 Å². The van der Waals surface area contributed by atoms with E-state index in [1.54, 1.807) is 11.3 Å². The van der Waals surface area contributed by atoms with Gasteiger partial charge in [0.1, 0.15) is 0 Å². The Kier molecular flexibility index (Phi) is 3.51. The quantitative estimate of drug-likeness (QED) is 0.939. The lowest BCUT2D eigenvalue weighted by Gasteiger charge is -1.98. The SMILES string of the molecule is OCCc1nc(-c2ccccc2Br)cs1. The molecule has 0 saturated heterocycles. The normalized spacial score (nSPS) is 10.5. The highest BCUT2D eigenvalue weighted by atomic mass is 79.9. The maximum atomic E-state index is 8.81. The average molecular weight is 284 g/mol. The van der Waals surface area contributed by atoms with E-state index in [-0.39, 0.29) is 6.61 Å². The summed E-state index contributed by atoms with van der Waals surface area (Å²) in [6, 6.07) is 8.00. The number of aliphatic hydroxyl groups excluding tert-OH is 1. The molecule has 2 rings (SSSR count). The predicted octanol–water partition coefficient (Wildman–Crippen LogP) is 3.11. The summed E-state index contributed by atoms with van der Waals surface area (Å²) in [7, 11) is 0. The minimum Gasteiger partial charge on any atom is -0.396 e. The van der Waals surface area contributed by atoms with E-state index in [0.29, 0.717) is 6.42 Å². The summed E-state index contributed by atoms with van der Waals surface area (Å²) >= 11 is 5.08. The largest absolute Gasteiger partial charge is 0.396 e. The zero-order valence-electron chi connectivity index (χ0n) is 7.98. The fourth-order valence-electron chi connectivity index (χ4n) is 1.31. The van der Waals surface area contributed by atoms with Gasteiger partial charge in [0.15, 0.2) is 0 Å². The molecule has 0 aliphatic rings. The lowest BCUT2D eigenvalue weighted by atomic mass is 10.2. The van der Waals surface area contributed by atoms with Crippen LogP contribution in [0.15, 0.2) is 34.1 Å². The molecule has 4 heteroatoms. The van der Waals surface area contributed by atoms with E-state index in [4.69, 9.17) is 5.11 Å². The Labute approximate surface area is 101 Å². The van der Waals surface area contributed by atoms with Crippen molar-refractivity contribution in [2.75, 3.05) is 6.61 Å². The van der Waals surface area contributed by atoms with Crippen molar-refractivity contribution in [3.05, 3.63) is 39.1 Å². The molecule has 0 unspecified atom stereocenters. The summed E-state index contributed by atoms with van der Waals surface area (Å²) < 4.78 is 1.05. The van der Waals surface area contributed by atoms with E-state index < -0.39 is 0 Å². The van der Waals surface area contributed by atoms with Crippen LogP contribution in [0.3, 0.4) is 0 Å². The first-order valence-electron chi connectivity index (χ1n) is 4.61. The molecule has 2 aromatic rings. The van der Waals surface area contributed by atoms with Crippen molar-refractivity contribution in [3.63, 3.8) is 0 Å². The first-order valence-corrected chi connectivity index (χ1v) is 6.28. The van der Waals surface area contributed by atoms with E-state index in [1.807, 2.05) is 29.6 Å². The number of hydrogen-bond donors (Lipinski definition) is 1. The molecule has 0 atom stereocenters. The van der Waals surface area contributed by atoms with E-state index in [1.165, 1.54) is 0 Å². The second-order valence-corrected chi connectivity index (χ2v) is 4.88. The highest BCUT2D eigenvalue weighted by Gasteiger charge is 2.06. The van der Waals surface area contributed by atoms with Crippen molar-refractivity contribution in [2.24, 2.45) is 0 Å². The van der Waals surface area contributed by atoms with Crippen molar-refractivity contribution in [1.82, 2.24) is 4.98 Å². The van der Waals surface area contributed by atoms with Gasteiger partial charge in [0, 0.05) is 28.4 Å². The van der Waals surface area contributed by atoms with Gasteiger partial charge < -0.3 is 5.11 Å². The molecule has 0 saturated carbocycles. The molecule has 1 heterocycles. The summed E-state index contributed by atoms with van der Waals surface area (Å²) in [5.74, 6) is 0. The number of aromatic nitrogens is 1. The van der Waals surface area contributed by atoms with Crippen LogP contribution in [0.1, 0.15) is 5.01 Å². The van der Waals surface area contributed by atoms with Gasteiger partial charge >= 0.3 is 0 Å². The zero-order valence-corrected chi connectivity index (χ0v) is 10.4. The van der Waals surface area contributed by atoms with Crippen molar-refractivity contribution in [2.45, 2.75) is 6.42 Å². The maximum absolute atomic E-state index is 8.81. The number of hydrogen-bond acceptors (Lipinski definition) is 3. The minimum atomic E-state index is 0.156. The number of benzene rings is 1. The zero-order chi connectivity index (χ0) is 10.7. The Morgan fingerprint density at radius 1 is 1.33 bits per heavy atom. The van der Waals surface area contributed by atoms with Crippen molar-refractivity contribution in [3.8, 4) is 11.3 Å². The summed E-state index contributed by atoms with van der Waals surface area (Å²) in [4.78, 5) is 4.46. The van der Waals surface area contributed by atoms with Crippen LogP contribution < -0.4 is 0 Å².